The third-order valence-electron chi connectivity index (χ3n) is 5.47. The van der Waals surface area contributed by atoms with Crippen molar-refractivity contribution in [2.24, 2.45) is 11.7 Å². The minimum atomic E-state index is -5.08. The standard InChI is InChI=1S/C19H23N5O4.C2HF3O2/c1-12-10-16(27-11-12)15-5-9-28-24(15)18(26)13-3-7-23(8-4-13)19-21-6-2-14(22-19)17(20)25;3-2(4,5)1(6)7/h2,6,10-11,13,15H,3-5,7-9H2,1H3,(H2,20,25);(H,6,7). The van der Waals surface area contributed by atoms with Gasteiger partial charge in [-0.2, -0.15) is 13.2 Å². The molecule has 1 unspecified atom stereocenters. The molecule has 0 aromatic carbocycles. The summed E-state index contributed by atoms with van der Waals surface area (Å²) in [5.41, 5.74) is 6.50. The van der Waals surface area contributed by atoms with Crippen molar-refractivity contribution in [3.63, 3.8) is 0 Å². The van der Waals surface area contributed by atoms with Gasteiger partial charge in [0.1, 0.15) is 17.5 Å². The Morgan fingerprint density at radius 3 is 2.40 bits per heavy atom. The Bertz CT molecular complexity index is 1070. The van der Waals surface area contributed by atoms with Gasteiger partial charge in [-0.15, -0.1) is 0 Å². The number of carbonyl (C=O) groups is 3. The molecular weight excluding hydrogens is 475 g/mol. The second-order valence-electron chi connectivity index (χ2n) is 8.00. The van der Waals surface area contributed by atoms with E-state index in [4.69, 9.17) is 24.9 Å². The van der Waals surface area contributed by atoms with Gasteiger partial charge in [0.15, 0.2) is 0 Å². The Morgan fingerprint density at radius 2 is 1.86 bits per heavy atom. The number of carboxylic acid groups (broad SMARTS) is 1. The fourth-order valence-corrected chi connectivity index (χ4v) is 3.72. The molecule has 2 fully saturated rings. The summed E-state index contributed by atoms with van der Waals surface area (Å²) in [6.07, 6.45) is 0.174. The molecule has 0 radical (unpaired) electrons. The topological polar surface area (TPSA) is 152 Å². The minimum Gasteiger partial charge on any atom is -0.475 e. The highest BCUT2D eigenvalue weighted by molar-refractivity contribution is 5.90. The lowest BCUT2D eigenvalue weighted by molar-refractivity contribution is -0.192. The van der Waals surface area contributed by atoms with Gasteiger partial charge in [0, 0.05) is 31.6 Å². The van der Waals surface area contributed by atoms with Crippen LogP contribution in [0.1, 0.15) is 47.1 Å². The Hall–Kier alpha value is -3.68. The number of hydrogen-bond acceptors (Lipinski definition) is 8. The number of anilines is 1. The highest BCUT2D eigenvalue weighted by Gasteiger charge is 2.39. The number of hydrogen-bond donors (Lipinski definition) is 2. The van der Waals surface area contributed by atoms with E-state index in [0.717, 1.165) is 17.7 Å². The number of aryl methyl sites for hydroxylation is 1. The number of carbonyl (C=O) groups excluding carboxylic acids is 2. The summed E-state index contributed by atoms with van der Waals surface area (Å²) < 4.78 is 37.3. The molecule has 2 aromatic heterocycles. The SMILES string of the molecule is Cc1coc(C2CCON2C(=O)C2CCN(c3nccc(C(N)=O)n3)CC2)c1.O=C(O)C(F)(F)F. The van der Waals surface area contributed by atoms with Gasteiger partial charge < -0.3 is 20.2 Å². The van der Waals surface area contributed by atoms with Crippen LogP contribution in [0.25, 0.3) is 0 Å². The predicted molar refractivity (Wildman–Crippen MR) is 113 cm³/mol. The van der Waals surface area contributed by atoms with Crippen molar-refractivity contribution in [2.45, 2.75) is 38.4 Å². The van der Waals surface area contributed by atoms with E-state index >= 15 is 0 Å². The third-order valence-corrected chi connectivity index (χ3v) is 5.47. The largest absolute Gasteiger partial charge is 0.490 e. The van der Waals surface area contributed by atoms with Crippen molar-refractivity contribution in [1.82, 2.24) is 15.0 Å². The molecule has 0 spiro atoms. The van der Waals surface area contributed by atoms with Crippen LogP contribution in [0.2, 0.25) is 0 Å². The van der Waals surface area contributed by atoms with Crippen molar-refractivity contribution in [1.29, 1.82) is 0 Å². The molecule has 1 atom stereocenters. The van der Waals surface area contributed by atoms with E-state index < -0.39 is 18.1 Å². The van der Waals surface area contributed by atoms with Gasteiger partial charge in [0.05, 0.1) is 12.9 Å². The van der Waals surface area contributed by atoms with E-state index in [1.807, 2.05) is 17.9 Å². The van der Waals surface area contributed by atoms with E-state index in [-0.39, 0.29) is 23.6 Å². The second-order valence-corrected chi connectivity index (χ2v) is 8.00. The molecule has 35 heavy (non-hydrogen) atoms. The molecule has 4 rings (SSSR count). The van der Waals surface area contributed by atoms with Gasteiger partial charge in [0.25, 0.3) is 5.91 Å². The lowest BCUT2D eigenvalue weighted by Crippen LogP contribution is -2.42. The molecule has 2 saturated heterocycles. The number of furan rings is 1. The van der Waals surface area contributed by atoms with Gasteiger partial charge in [-0.25, -0.2) is 19.8 Å². The van der Waals surface area contributed by atoms with E-state index in [0.29, 0.717) is 38.5 Å². The van der Waals surface area contributed by atoms with Crippen LogP contribution in [0.5, 0.6) is 0 Å². The molecule has 0 bridgehead atoms. The number of alkyl halides is 3. The molecule has 14 heteroatoms. The first-order chi connectivity index (χ1) is 16.5. The number of carboxylic acids is 1. The number of halogens is 3. The number of aromatic nitrogens is 2. The third kappa shape index (κ3) is 6.47. The lowest BCUT2D eigenvalue weighted by Gasteiger charge is -2.33. The minimum absolute atomic E-state index is 0.0111. The zero-order chi connectivity index (χ0) is 25.8. The van der Waals surface area contributed by atoms with Crippen LogP contribution in [-0.4, -0.2) is 63.8 Å². The maximum absolute atomic E-state index is 13.0. The molecule has 4 heterocycles. The number of piperidine rings is 1. The van der Waals surface area contributed by atoms with Gasteiger partial charge in [-0.1, -0.05) is 0 Å². The normalized spacial score (nSPS) is 18.7. The Labute approximate surface area is 197 Å². The Morgan fingerprint density at radius 1 is 1.20 bits per heavy atom. The first kappa shape index (κ1) is 25.9. The Kier molecular flexibility index (Phi) is 7.94. The molecule has 11 nitrogen and oxygen atoms in total. The van der Waals surface area contributed by atoms with E-state index in [9.17, 15) is 22.8 Å². The number of hydroxylamine groups is 2. The van der Waals surface area contributed by atoms with Crippen LogP contribution in [-0.2, 0) is 14.4 Å². The van der Waals surface area contributed by atoms with Crippen molar-refractivity contribution in [3.05, 3.63) is 41.6 Å². The van der Waals surface area contributed by atoms with Gasteiger partial charge in [0.2, 0.25) is 11.9 Å². The molecule has 3 N–H and O–H groups in total. The van der Waals surface area contributed by atoms with Crippen molar-refractivity contribution >= 4 is 23.7 Å². The smallest absolute Gasteiger partial charge is 0.475 e. The molecule has 2 aromatic rings. The summed E-state index contributed by atoms with van der Waals surface area (Å²) in [4.78, 5) is 49.3. The van der Waals surface area contributed by atoms with Crippen LogP contribution in [0.4, 0.5) is 19.1 Å². The zero-order valence-electron chi connectivity index (χ0n) is 18.7. The average molecular weight is 499 g/mol. The maximum Gasteiger partial charge on any atom is 0.490 e. The van der Waals surface area contributed by atoms with Gasteiger partial charge >= 0.3 is 12.1 Å². The molecule has 2 aliphatic rings. The van der Waals surface area contributed by atoms with E-state index in [2.05, 4.69) is 9.97 Å². The van der Waals surface area contributed by atoms with E-state index in [1.54, 1.807) is 6.26 Å². The van der Waals surface area contributed by atoms with Crippen molar-refractivity contribution in [3.8, 4) is 0 Å². The van der Waals surface area contributed by atoms with Crippen LogP contribution < -0.4 is 10.6 Å². The summed E-state index contributed by atoms with van der Waals surface area (Å²) in [7, 11) is 0. The highest BCUT2D eigenvalue weighted by atomic mass is 19.4. The number of nitrogens with two attached hydrogens (primary N) is 1. The average Bonchev–Trinajstić information content (AvgIpc) is 3.47. The lowest BCUT2D eigenvalue weighted by atomic mass is 9.95. The first-order valence-corrected chi connectivity index (χ1v) is 10.7. The number of amides is 2. The van der Waals surface area contributed by atoms with Crippen LogP contribution in [0.3, 0.4) is 0 Å². The highest BCUT2D eigenvalue weighted by Crippen LogP contribution is 2.34. The summed E-state index contributed by atoms with van der Waals surface area (Å²) in [6, 6.07) is 3.27. The maximum atomic E-state index is 13.0. The molecule has 0 aliphatic carbocycles. The fraction of sp³-hybridized carbons (Fsp3) is 0.476. The molecule has 2 amide bonds. The van der Waals surface area contributed by atoms with Gasteiger partial charge in [-0.05, 0) is 37.5 Å². The van der Waals surface area contributed by atoms with Crippen LogP contribution in [0.15, 0.2) is 29.0 Å². The molecule has 0 saturated carbocycles. The molecule has 2 aliphatic heterocycles. The number of primary amides is 1. The predicted octanol–water partition coefficient (Wildman–Crippen LogP) is 2.23. The van der Waals surface area contributed by atoms with Crippen molar-refractivity contribution < 1.29 is 41.9 Å². The number of aliphatic carboxylic acids is 1. The molecular formula is C21H24F3N5O6. The zero-order valence-corrected chi connectivity index (χ0v) is 18.7. The summed E-state index contributed by atoms with van der Waals surface area (Å²) in [5.74, 6) is -2.26. The van der Waals surface area contributed by atoms with Crippen LogP contribution >= 0.6 is 0 Å². The quantitative estimate of drug-likeness (QED) is 0.645. The van der Waals surface area contributed by atoms with Gasteiger partial charge in [-0.3, -0.25) is 14.4 Å². The van der Waals surface area contributed by atoms with Crippen molar-refractivity contribution in [2.75, 3.05) is 24.6 Å². The summed E-state index contributed by atoms with van der Waals surface area (Å²) in [6.45, 7) is 3.71. The Balaban J connectivity index is 0.000000429. The summed E-state index contributed by atoms with van der Waals surface area (Å²) in [5, 5.41) is 8.61. The summed E-state index contributed by atoms with van der Waals surface area (Å²) >= 11 is 0. The van der Waals surface area contributed by atoms with E-state index in [1.165, 1.54) is 17.3 Å². The fourth-order valence-electron chi connectivity index (χ4n) is 3.72. The monoisotopic (exact) mass is 499 g/mol. The number of rotatable bonds is 4. The molecule has 190 valence electrons. The number of nitrogens with zero attached hydrogens (tertiary/aromatic N) is 4. The van der Waals surface area contributed by atoms with Crippen LogP contribution in [0, 0.1) is 12.8 Å². The second kappa shape index (κ2) is 10.7. The first-order valence-electron chi connectivity index (χ1n) is 10.7.